The van der Waals surface area contributed by atoms with Gasteiger partial charge in [0.15, 0.2) is 0 Å². The molecular formula is C28H31N7O3. The number of carbonyl (C=O) groups excluding carboxylic acids is 1. The molecule has 2 saturated heterocycles. The molecule has 0 saturated carbocycles. The van der Waals surface area contributed by atoms with Crippen LogP contribution in [0.15, 0.2) is 54.9 Å². The predicted octanol–water partition coefficient (Wildman–Crippen LogP) is 3.15. The number of hydrogen-bond acceptors (Lipinski definition) is 8. The van der Waals surface area contributed by atoms with Gasteiger partial charge in [-0.05, 0) is 36.6 Å². The number of H-pyrrole nitrogens is 1. The van der Waals surface area contributed by atoms with Gasteiger partial charge in [0.25, 0.3) is 5.91 Å². The highest BCUT2D eigenvalue weighted by Gasteiger charge is 2.35. The van der Waals surface area contributed by atoms with Gasteiger partial charge in [0.05, 0.1) is 42.3 Å². The molecule has 6 rings (SSSR count). The molecule has 2 atom stereocenters. The van der Waals surface area contributed by atoms with Crippen LogP contribution in [0.3, 0.4) is 0 Å². The highest BCUT2D eigenvalue weighted by Crippen LogP contribution is 2.33. The number of methoxy groups -OCH3 is 1. The minimum atomic E-state index is -0.260. The zero-order valence-corrected chi connectivity index (χ0v) is 21.3. The van der Waals surface area contributed by atoms with Crippen LogP contribution in [0, 0.1) is 5.92 Å². The van der Waals surface area contributed by atoms with Crippen LogP contribution in [0.5, 0.6) is 5.88 Å². The number of piperazine rings is 1. The molecule has 2 aliphatic heterocycles. The summed E-state index contributed by atoms with van der Waals surface area (Å²) >= 11 is 0. The number of imidazole rings is 1. The molecule has 0 radical (unpaired) electrons. The van der Waals surface area contributed by atoms with Gasteiger partial charge in [-0.3, -0.25) is 9.69 Å². The third-order valence-corrected chi connectivity index (χ3v) is 7.38. The maximum atomic E-state index is 13.6. The fraction of sp³-hybridized carbons (Fsp3) is 0.357. The van der Waals surface area contributed by atoms with Gasteiger partial charge in [0.2, 0.25) is 5.88 Å². The Morgan fingerprint density at radius 3 is 2.87 bits per heavy atom. The zero-order valence-electron chi connectivity index (χ0n) is 21.3. The molecule has 38 heavy (non-hydrogen) atoms. The molecule has 10 heteroatoms. The number of nitrogens with one attached hydrogen (secondary N) is 1. The van der Waals surface area contributed by atoms with Crippen LogP contribution in [-0.2, 0) is 4.74 Å². The van der Waals surface area contributed by atoms with E-state index in [1.165, 1.54) is 6.20 Å². The Balaban J connectivity index is 1.33. The normalized spacial score (nSPS) is 20.2. The molecule has 3 aromatic heterocycles. The minimum Gasteiger partial charge on any atom is -0.480 e. The summed E-state index contributed by atoms with van der Waals surface area (Å²) in [5, 5.41) is 1.01. The number of nitrogens with two attached hydrogens (primary N) is 1. The number of rotatable bonds is 6. The van der Waals surface area contributed by atoms with E-state index in [0.717, 1.165) is 60.7 Å². The molecule has 196 valence electrons. The zero-order chi connectivity index (χ0) is 26.1. The summed E-state index contributed by atoms with van der Waals surface area (Å²) in [4.78, 5) is 34.9. The van der Waals surface area contributed by atoms with E-state index in [9.17, 15) is 4.79 Å². The summed E-state index contributed by atoms with van der Waals surface area (Å²) in [6, 6.07) is 13.1. The molecule has 5 heterocycles. The smallest absolute Gasteiger partial charge is 0.256 e. The number of amides is 1. The van der Waals surface area contributed by atoms with Gasteiger partial charge in [-0.15, -0.1) is 0 Å². The largest absolute Gasteiger partial charge is 0.480 e. The Bertz CT molecular complexity index is 1430. The topological polar surface area (TPSA) is 122 Å². The van der Waals surface area contributed by atoms with Crippen LogP contribution >= 0.6 is 0 Å². The fourth-order valence-corrected chi connectivity index (χ4v) is 5.36. The van der Waals surface area contributed by atoms with E-state index in [0.29, 0.717) is 36.3 Å². The Hall–Kier alpha value is -4.02. The number of para-hydroxylation sites is 1. The van der Waals surface area contributed by atoms with Crippen molar-refractivity contribution in [3.05, 3.63) is 66.2 Å². The van der Waals surface area contributed by atoms with Gasteiger partial charge >= 0.3 is 0 Å². The van der Waals surface area contributed by atoms with Gasteiger partial charge in [-0.1, -0.05) is 18.2 Å². The lowest BCUT2D eigenvalue weighted by Crippen LogP contribution is -2.52. The third-order valence-electron chi connectivity index (χ3n) is 7.38. The molecule has 0 spiro atoms. The van der Waals surface area contributed by atoms with Gasteiger partial charge in [0, 0.05) is 44.4 Å². The molecule has 1 amide bonds. The summed E-state index contributed by atoms with van der Waals surface area (Å²) in [6.45, 7) is 4.60. The number of benzene rings is 1. The number of hydrogen-bond donors (Lipinski definition) is 2. The van der Waals surface area contributed by atoms with Gasteiger partial charge in [-0.2, -0.15) is 0 Å². The second kappa shape index (κ2) is 10.4. The summed E-state index contributed by atoms with van der Waals surface area (Å²) in [6.07, 6.45) is 4.40. The van der Waals surface area contributed by atoms with E-state index in [4.69, 9.17) is 20.2 Å². The number of aromatic nitrogens is 4. The number of pyridine rings is 2. The standard InChI is InChI=1S/C28H31N7O3/c1-37-27-21(12-19-4-2-3-5-22(19)33-27)23-14-31-26(32-23)24-16-34(15-18-8-11-38-17-18)9-10-35(24)28(36)20-6-7-25(29)30-13-20/h2-7,12-14,18,24H,8-11,15-17H2,1H3,(H2,29,30)(H,31,32). The first-order valence-electron chi connectivity index (χ1n) is 12.9. The monoisotopic (exact) mass is 513 g/mol. The highest BCUT2D eigenvalue weighted by molar-refractivity contribution is 5.94. The molecule has 2 aliphatic rings. The number of nitrogen functional groups attached to an aromatic ring is 1. The van der Waals surface area contributed by atoms with E-state index < -0.39 is 0 Å². The summed E-state index contributed by atoms with van der Waals surface area (Å²) in [5.41, 5.74) is 8.73. The average molecular weight is 514 g/mol. The van der Waals surface area contributed by atoms with Crippen molar-refractivity contribution in [2.75, 3.05) is 52.2 Å². The first-order valence-corrected chi connectivity index (χ1v) is 12.9. The number of nitrogens with zero attached hydrogens (tertiary/aromatic N) is 5. The lowest BCUT2D eigenvalue weighted by atomic mass is 10.0. The maximum absolute atomic E-state index is 13.6. The van der Waals surface area contributed by atoms with Crippen LogP contribution in [0.25, 0.3) is 22.2 Å². The van der Waals surface area contributed by atoms with E-state index in [2.05, 4.69) is 25.9 Å². The Morgan fingerprint density at radius 1 is 1.18 bits per heavy atom. The number of aromatic amines is 1. The van der Waals surface area contributed by atoms with E-state index in [-0.39, 0.29) is 11.9 Å². The molecule has 0 bridgehead atoms. The summed E-state index contributed by atoms with van der Waals surface area (Å²) in [5.74, 6) is 2.05. The molecule has 4 aromatic rings. The molecule has 10 nitrogen and oxygen atoms in total. The first-order chi connectivity index (χ1) is 18.6. The molecule has 2 fully saturated rings. The molecule has 1 aromatic carbocycles. The Morgan fingerprint density at radius 2 is 2.08 bits per heavy atom. The van der Waals surface area contributed by atoms with Crippen molar-refractivity contribution < 1.29 is 14.3 Å². The summed E-state index contributed by atoms with van der Waals surface area (Å²) in [7, 11) is 1.62. The van der Waals surface area contributed by atoms with Crippen molar-refractivity contribution in [3.8, 4) is 17.1 Å². The van der Waals surface area contributed by atoms with Crippen LogP contribution in [0.1, 0.15) is 28.6 Å². The minimum absolute atomic E-state index is 0.0887. The van der Waals surface area contributed by atoms with Crippen LogP contribution in [0.4, 0.5) is 5.82 Å². The van der Waals surface area contributed by atoms with E-state index in [1.807, 2.05) is 29.2 Å². The van der Waals surface area contributed by atoms with Crippen molar-refractivity contribution in [1.29, 1.82) is 0 Å². The fourth-order valence-electron chi connectivity index (χ4n) is 5.36. The first kappa shape index (κ1) is 24.3. The van der Waals surface area contributed by atoms with Crippen molar-refractivity contribution >= 4 is 22.6 Å². The van der Waals surface area contributed by atoms with Crippen molar-refractivity contribution in [2.24, 2.45) is 5.92 Å². The van der Waals surface area contributed by atoms with E-state index in [1.54, 1.807) is 25.4 Å². The number of ether oxygens (including phenoxy) is 2. The van der Waals surface area contributed by atoms with Crippen molar-refractivity contribution in [2.45, 2.75) is 12.5 Å². The quantitative estimate of drug-likeness (QED) is 0.403. The van der Waals surface area contributed by atoms with Gasteiger partial charge in [0.1, 0.15) is 17.7 Å². The number of fused-ring (bicyclic) bond motifs is 1. The molecule has 2 unspecified atom stereocenters. The lowest BCUT2D eigenvalue weighted by Gasteiger charge is -2.41. The van der Waals surface area contributed by atoms with Crippen molar-refractivity contribution in [1.82, 2.24) is 29.7 Å². The molecule has 3 N–H and O–H groups in total. The average Bonchev–Trinajstić information content (AvgIpc) is 3.65. The Kier molecular flexibility index (Phi) is 6.65. The third kappa shape index (κ3) is 4.80. The Labute approximate surface area is 220 Å². The number of anilines is 1. The van der Waals surface area contributed by atoms with Crippen LogP contribution < -0.4 is 10.5 Å². The van der Waals surface area contributed by atoms with Crippen molar-refractivity contribution in [3.63, 3.8) is 0 Å². The SMILES string of the molecule is COc1nc2ccccc2cc1-c1cnc(C2CN(CC3CCOC3)CCN2C(=O)c2ccc(N)nc2)[nH]1. The van der Waals surface area contributed by atoms with Crippen LogP contribution in [-0.4, -0.2) is 82.1 Å². The summed E-state index contributed by atoms with van der Waals surface area (Å²) < 4.78 is 11.2. The van der Waals surface area contributed by atoms with Crippen LogP contribution in [0.2, 0.25) is 0 Å². The molecule has 0 aliphatic carbocycles. The maximum Gasteiger partial charge on any atom is 0.256 e. The van der Waals surface area contributed by atoms with E-state index >= 15 is 0 Å². The lowest BCUT2D eigenvalue weighted by molar-refractivity contribution is 0.0393. The van der Waals surface area contributed by atoms with Gasteiger partial charge < -0.3 is 25.1 Å². The highest BCUT2D eigenvalue weighted by atomic mass is 16.5. The van der Waals surface area contributed by atoms with Gasteiger partial charge in [-0.25, -0.2) is 15.0 Å². The molecular weight excluding hydrogens is 482 g/mol. The second-order valence-electron chi connectivity index (χ2n) is 9.90. The number of carbonyl (C=O) groups is 1. The second-order valence-corrected chi connectivity index (χ2v) is 9.90. The predicted molar refractivity (Wildman–Crippen MR) is 144 cm³/mol.